The number of nitrogens with one attached hydrogen (secondary N) is 2. The number of hydrogen-bond donors (Lipinski definition) is 2. The van der Waals surface area contributed by atoms with Crippen LogP contribution in [0.3, 0.4) is 0 Å². The van der Waals surface area contributed by atoms with Crippen LogP contribution in [-0.4, -0.2) is 47.6 Å². The highest BCUT2D eigenvalue weighted by molar-refractivity contribution is 5.94. The number of benzene rings is 1. The summed E-state index contributed by atoms with van der Waals surface area (Å²) in [5, 5.41) is 5.98. The molecular weight excluding hydrogens is 356 g/mol. The normalized spacial score (nSPS) is 14.4. The zero-order valence-electron chi connectivity index (χ0n) is 16.1. The monoisotopic (exact) mass is 382 g/mol. The number of pyridine rings is 1. The Morgan fingerprint density at radius 2 is 1.89 bits per heavy atom. The van der Waals surface area contributed by atoms with Crippen LogP contribution >= 0.6 is 0 Å². The van der Waals surface area contributed by atoms with Crippen LogP contribution < -0.4 is 15.4 Å². The molecule has 2 N–H and O–H groups in total. The van der Waals surface area contributed by atoms with Crippen molar-refractivity contribution < 1.29 is 14.3 Å². The van der Waals surface area contributed by atoms with E-state index in [2.05, 4.69) is 15.6 Å². The molecule has 0 aliphatic carbocycles. The fourth-order valence-electron chi connectivity index (χ4n) is 3.19. The first-order chi connectivity index (χ1) is 13.7. The van der Waals surface area contributed by atoms with E-state index in [-0.39, 0.29) is 18.0 Å². The van der Waals surface area contributed by atoms with Crippen LogP contribution in [0.2, 0.25) is 0 Å². The van der Waals surface area contributed by atoms with Crippen LogP contribution in [0.5, 0.6) is 5.88 Å². The Labute approximate surface area is 165 Å². The van der Waals surface area contributed by atoms with Crippen LogP contribution in [0.4, 0.5) is 4.79 Å². The number of amides is 3. The lowest BCUT2D eigenvalue weighted by Gasteiger charge is -2.32. The van der Waals surface area contributed by atoms with Crippen molar-refractivity contribution in [3.63, 3.8) is 0 Å². The molecule has 1 aliphatic rings. The predicted molar refractivity (Wildman–Crippen MR) is 106 cm³/mol. The number of urea groups is 1. The molecule has 0 unspecified atom stereocenters. The van der Waals surface area contributed by atoms with Gasteiger partial charge < -0.3 is 20.3 Å². The number of nitrogens with zero attached hydrogens (tertiary/aromatic N) is 2. The Bertz CT molecular complexity index is 789. The molecule has 7 heteroatoms. The second kappa shape index (κ2) is 9.73. The second-order valence-corrected chi connectivity index (χ2v) is 6.66. The van der Waals surface area contributed by atoms with Crippen molar-refractivity contribution in [2.45, 2.75) is 32.4 Å². The lowest BCUT2D eigenvalue weighted by atomic mass is 10.0. The SMILES string of the molecule is CCOc1ncccc1CNC(=O)N1CCC(NC(=O)c2ccccc2)CC1. The van der Waals surface area contributed by atoms with Crippen molar-refractivity contribution in [1.29, 1.82) is 0 Å². The van der Waals surface area contributed by atoms with E-state index in [1.165, 1.54) is 0 Å². The number of likely N-dealkylation sites (tertiary alicyclic amines) is 1. The largest absolute Gasteiger partial charge is 0.478 e. The Kier molecular flexibility index (Phi) is 6.84. The molecule has 7 nitrogen and oxygen atoms in total. The summed E-state index contributed by atoms with van der Waals surface area (Å²) in [5.74, 6) is 0.483. The molecule has 3 amide bonds. The van der Waals surface area contributed by atoms with Gasteiger partial charge in [0.1, 0.15) is 0 Å². The zero-order chi connectivity index (χ0) is 19.8. The Balaban J connectivity index is 1.44. The van der Waals surface area contributed by atoms with Gasteiger partial charge in [0.05, 0.1) is 6.61 Å². The van der Waals surface area contributed by atoms with Crippen molar-refractivity contribution in [1.82, 2.24) is 20.5 Å². The fraction of sp³-hybridized carbons (Fsp3) is 0.381. The van der Waals surface area contributed by atoms with Crippen molar-refractivity contribution in [3.05, 3.63) is 59.8 Å². The average Bonchev–Trinajstić information content (AvgIpc) is 2.74. The average molecular weight is 382 g/mol. The molecule has 1 aliphatic heterocycles. The second-order valence-electron chi connectivity index (χ2n) is 6.66. The van der Waals surface area contributed by atoms with Gasteiger partial charge in [-0.2, -0.15) is 0 Å². The van der Waals surface area contributed by atoms with Crippen LogP contribution in [0, 0.1) is 0 Å². The number of aromatic nitrogens is 1. The summed E-state index contributed by atoms with van der Waals surface area (Å²) < 4.78 is 5.49. The third kappa shape index (κ3) is 5.22. The van der Waals surface area contributed by atoms with E-state index in [0.29, 0.717) is 37.7 Å². The molecule has 1 saturated heterocycles. The Hall–Kier alpha value is -3.09. The van der Waals surface area contributed by atoms with Crippen LogP contribution in [0.15, 0.2) is 48.7 Å². The summed E-state index contributed by atoms with van der Waals surface area (Å²) in [5.41, 5.74) is 1.51. The van der Waals surface area contributed by atoms with Gasteiger partial charge in [-0.1, -0.05) is 24.3 Å². The summed E-state index contributed by atoms with van der Waals surface area (Å²) in [6.07, 6.45) is 3.15. The van der Waals surface area contributed by atoms with Gasteiger partial charge in [-0.05, 0) is 38.0 Å². The summed E-state index contributed by atoms with van der Waals surface area (Å²) in [6, 6.07) is 12.9. The van der Waals surface area contributed by atoms with Crippen molar-refractivity contribution in [2.75, 3.05) is 19.7 Å². The number of hydrogen-bond acceptors (Lipinski definition) is 4. The van der Waals surface area contributed by atoms with Crippen molar-refractivity contribution in [2.24, 2.45) is 0 Å². The van der Waals surface area contributed by atoms with Gasteiger partial charge >= 0.3 is 6.03 Å². The van der Waals surface area contributed by atoms with Crippen molar-refractivity contribution >= 4 is 11.9 Å². The van der Waals surface area contributed by atoms with Gasteiger partial charge in [0, 0.05) is 43.0 Å². The Morgan fingerprint density at radius 1 is 1.14 bits per heavy atom. The summed E-state index contributed by atoms with van der Waals surface area (Å²) in [6.45, 7) is 4.01. The third-order valence-corrected chi connectivity index (χ3v) is 4.71. The van der Waals surface area contributed by atoms with Crippen LogP contribution in [0.25, 0.3) is 0 Å². The van der Waals surface area contributed by atoms with Crippen LogP contribution in [-0.2, 0) is 6.54 Å². The van der Waals surface area contributed by atoms with Crippen molar-refractivity contribution in [3.8, 4) is 5.88 Å². The molecule has 0 bridgehead atoms. The maximum atomic E-state index is 12.5. The van der Waals surface area contributed by atoms with E-state index < -0.39 is 0 Å². The molecule has 2 aromatic rings. The molecule has 0 spiro atoms. The highest BCUT2D eigenvalue weighted by Crippen LogP contribution is 2.15. The van der Waals surface area contributed by atoms with Gasteiger partial charge in [0.25, 0.3) is 5.91 Å². The lowest BCUT2D eigenvalue weighted by Crippen LogP contribution is -2.49. The highest BCUT2D eigenvalue weighted by atomic mass is 16.5. The summed E-state index contributed by atoms with van der Waals surface area (Å²) in [4.78, 5) is 30.7. The predicted octanol–water partition coefficient (Wildman–Crippen LogP) is 2.58. The van der Waals surface area contributed by atoms with Gasteiger partial charge in [0.15, 0.2) is 0 Å². The number of ether oxygens (including phenoxy) is 1. The van der Waals surface area contributed by atoms with E-state index in [1.54, 1.807) is 23.2 Å². The number of carbonyl (C=O) groups is 2. The summed E-state index contributed by atoms with van der Waals surface area (Å²) in [7, 11) is 0. The van der Waals surface area contributed by atoms with E-state index in [9.17, 15) is 9.59 Å². The van der Waals surface area contributed by atoms with E-state index in [0.717, 1.165) is 18.4 Å². The van der Waals surface area contributed by atoms with E-state index in [4.69, 9.17) is 4.74 Å². The molecule has 3 rings (SSSR count). The summed E-state index contributed by atoms with van der Waals surface area (Å²) >= 11 is 0. The molecule has 148 valence electrons. The van der Waals surface area contributed by atoms with Crippen LogP contribution in [0.1, 0.15) is 35.7 Å². The maximum absolute atomic E-state index is 12.5. The minimum Gasteiger partial charge on any atom is -0.478 e. The van der Waals surface area contributed by atoms with Gasteiger partial charge in [0.2, 0.25) is 5.88 Å². The standard InChI is InChI=1S/C21H26N4O3/c1-2-28-20-17(9-6-12-22-20)15-23-21(27)25-13-10-18(11-14-25)24-19(26)16-7-4-3-5-8-16/h3-9,12,18H,2,10-11,13-15H2,1H3,(H,23,27)(H,24,26). The zero-order valence-corrected chi connectivity index (χ0v) is 16.1. The van der Waals surface area contributed by atoms with Gasteiger partial charge in [-0.3, -0.25) is 4.79 Å². The first-order valence-corrected chi connectivity index (χ1v) is 9.62. The van der Waals surface area contributed by atoms with Gasteiger partial charge in [-0.15, -0.1) is 0 Å². The fourth-order valence-corrected chi connectivity index (χ4v) is 3.19. The number of carbonyl (C=O) groups excluding carboxylic acids is 2. The maximum Gasteiger partial charge on any atom is 0.317 e. The molecule has 1 fully saturated rings. The number of piperidine rings is 1. The lowest BCUT2D eigenvalue weighted by molar-refractivity contribution is 0.0918. The molecule has 1 aromatic carbocycles. The number of rotatable bonds is 6. The Morgan fingerprint density at radius 3 is 2.61 bits per heavy atom. The minimum atomic E-state index is -0.112. The highest BCUT2D eigenvalue weighted by Gasteiger charge is 2.24. The molecule has 0 saturated carbocycles. The molecule has 0 atom stereocenters. The molecular formula is C21H26N4O3. The molecule has 2 heterocycles. The topological polar surface area (TPSA) is 83.6 Å². The molecule has 1 aromatic heterocycles. The molecule has 0 radical (unpaired) electrons. The molecule has 28 heavy (non-hydrogen) atoms. The first kappa shape index (κ1) is 19.7. The van der Waals surface area contributed by atoms with E-state index >= 15 is 0 Å². The quantitative estimate of drug-likeness (QED) is 0.804. The van der Waals surface area contributed by atoms with Gasteiger partial charge in [-0.25, -0.2) is 9.78 Å². The van der Waals surface area contributed by atoms with E-state index in [1.807, 2.05) is 37.3 Å². The first-order valence-electron chi connectivity index (χ1n) is 9.62. The third-order valence-electron chi connectivity index (χ3n) is 4.71. The minimum absolute atomic E-state index is 0.0662. The smallest absolute Gasteiger partial charge is 0.317 e.